The Balaban J connectivity index is 1.41. The highest BCUT2D eigenvalue weighted by atomic mass is 16.3. The number of furan rings is 1. The van der Waals surface area contributed by atoms with Gasteiger partial charge in [0.25, 0.3) is 0 Å². The third-order valence-corrected chi connectivity index (χ3v) is 7.57. The molecular weight excluding hydrogens is 506 g/mol. The molecule has 0 fully saturated rings. The molecule has 0 spiro atoms. The fraction of sp³-hybridized carbons (Fsp3) is 0. The van der Waals surface area contributed by atoms with E-state index in [0.717, 1.165) is 60.9 Å². The number of nitrogens with zero attached hydrogens (tertiary/aromatic N) is 3. The number of rotatable bonds is 4. The lowest BCUT2D eigenvalue weighted by Gasteiger charge is -2.08. The monoisotopic (exact) mass is 529 g/mol. The highest BCUT2D eigenvalue weighted by Crippen LogP contribution is 2.40. The van der Waals surface area contributed by atoms with Gasteiger partial charge in [-0.2, -0.15) is 0 Å². The SMILES string of the molecule is Oc1ccccc1-c1nc(-c2cc(-c3cc4ccccc4cn3)c3oc4ccccc4c3c2)cn1-c1ccccc1. The Morgan fingerprint density at radius 1 is 0.634 bits per heavy atom. The molecule has 0 saturated carbocycles. The Morgan fingerprint density at radius 3 is 2.27 bits per heavy atom. The maximum atomic E-state index is 10.8. The van der Waals surface area contributed by atoms with Gasteiger partial charge in [0.1, 0.15) is 22.7 Å². The number of aromatic nitrogens is 3. The first-order chi connectivity index (χ1) is 20.2. The molecule has 0 aliphatic carbocycles. The summed E-state index contributed by atoms with van der Waals surface area (Å²) in [5.74, 6) is 0.839. The van der Waals surface area contributed by atoms with Crippen molar-refractivity contribution in [2.75, 3.05) is 0 Å². The lowest BCUT2D eigenvalue weighted by molar-refractivity contribution is 0.477. The molecule has 5 heteroatoms. The van der Waals surface area contributed by atoms with Crippen LogP contribution in [0.5, 0.6) is 5.75 Å². The third-order valence-electron chi connectivity index (χ3n) is 7.57. The van der Waals surface area contributed by atoms with Crippen molar-refractivity contribution in [2.45, 2.75) is 0 Å². The van der Waals surface area contributed by atoms with Gasteiger partial charge >= 0.3 is 0 Å². The number of aromatic hydroxyl groups is 1. The zero-order valence-electron chi connectivity index (χ0n) is 21.9. The zero-order chi connectivity index (χ0) is 27.3. The largest absolute Gasteiger partial charge is 0.507 e. The molecule has 0 saturated heterocycles. The van der Waals surface area contributed by atoms with Gasteiger partial charge in [0.05, 0.1) is 17.0 Å². The minimum Gasteiger partial charge on any atom is -0.507 e. The van der Waals surface area contributed by atoms with Crippen LogP contribution in [0.2, 0.25) is 0 Å². The lowest BCUT2D eigenvalue weighted by Crippen LogP contribution is -1.95. The molecule has 1 N–H and O–H groups in total. The fourth-order valence-electron chi connectivity index (χ4n) is 5.55. The molecule has 0 atom stereocenters. The second-order valence-corrected chi connectivity index (χ2v) is 10.1. The van der Waals surface area contributed by atoms with Crippen LogP contribution in [0.4, 0.5) is 0 Å². The van der Waals surface area contributed by atoms with E-state index in [1.165, 1.54) is 0 Å². The molecular formula is C36H23N3O2. The molecule has 8 aromatic rings. The summed E-state index contributed by atoms with van der Waals surface area (Å²) in [5, 5.41) is 15.0. The number of hydrogen-bond donors (Lipinski definition) is 1. The van der Waals surface area contributed by atoms with Gasteiger partial charge in [0, 0.05) is 45.4 Å². The summed E-state index contributed by atoms with van der Waals surface area (Å²) in [6.45, 7) is 0. The van der Waals surface area contributed by atoms with Gasteiger partial charge in [-0.3, -0.25) is 9.55 Å². The topological polar surface area (TPSA) is 64.1 Å². The van der Waals surface area contributed by atoms with Crippen LogP contribution in [0.1, 0.15) is 0 Å². The van der Waals surface area contributed by atoms with Crippen molar-refractivity contribution in [1.82, 2.24) is 14.5 Å². The number of para-hydroxylation sites is 3. The van der Waals surface area contributed by atoms with E-state index < -0.39 is 0 Å². The standard InChI is InChI=1S/C36H23N3O2/c40-33-16-8-6-15-28(33)36-38-32(22-39(36)26-12-2-1-3-13-26)25-18-29-27-14-7-9-17-34(27)41-35(29)30(19-25)31-20-23-10-4-5-11-24(23)21-37-31/h1-22,40H. The maximum absolute atomic E-state index is 10.8. The van der Waals surface area contributed by atoms with Crippen LogP contribution in [-0.2, 0) is 0 Å². The van der Waals surface area contributed by atoms with Crippen molar-refractivity contribution >= 4 is 32.7 Å². The molecule has 5 nitrogen and oxygen atoms in total. The smallest absolute Gasteiger partial charge is 0.148 e. The normalized spacial score (nSPS) is 11.5. The van der Waals surface area contributed by atoms with E-state index in [0.29, 0.717) is 11.4 Å². The van der Waals surface area contributed by atoms with Crippen LogP contribution in [-0.4, -0.2) is 19.6 Å². The van der Waals surface area contributed by atoms with E-state index >= 15 is 0 Å². The summed E-state index contributed by atoms with van der Waals surface area (Å²) in [7, 11) is 0. The van der Waals surface area contributed by atoms with Gasteiger partial charge in [0.15, 0.2) is 0 Å². The first-order valence-corrected chi connectivity index (χ1v) is 13.5. The summed E-state index contributed by atoms with van der Waals surface area (Å²) in [5.41, 5.74) is 6.68. The average Bonchev–Trinajstić information content (AvgIpc) is 3.63. The molecule has 3 aromatic heterocycles. The number of phenolic OH excluding ortho intramolecular Hbond substituents is 1. The molecule has 0 bridgehead atoms. The molecule has 5 aromatic carbocycles. The minimum absolute atomic E-state index is 0.180. The molecule has 0 aliphatic heterocycles. The van der Waals surface area contributed by atoms with Gasteiger partial charge in [0.2, 0.25) is 0 Å². The number of phenols is 1. The van der Waals surface area contributed by atoms with Crippen molar-refractivity contribution in [3.05, 3.63) is 134 Å². The van der Waals surface area contributed by atoms with Crippen molar-refractivity contribution in [2.24, 2.45) is 0 Å². The molecule has 3 heterocycles. The predicted molar refractivity (Wildman–Crippen MR) is 164 cm³/mol. The Bertz CT molecular complexity index is 2230. The average molecular weight is 530 g/mol. The molecule has 41 heavy (non-hydrogen) atoms. The second-order valence-electron chi connectivity index (χ2n) is 10.1. The Morgan fingerprint density at radius 2 is 1.39 bits per heavy atom. The molecule has 8 rings (SSSR count). The number of pyridine rings is 1. The van der Waals surface area contributed by atoms with Gasteiger partial charge in [-0.05, 0) is 53.9 Å². The number of fused-ring (bicyclic) bond motifs is 4. The van der Waals surface area contributed by atoms with Gasteiger partial charge in [-0.1, -0.05) is 72.8 Å². The summed E-state index contributed by atoms with van der Waals surface area (Å²) in [4.78, 5) is 9.94. The number of hydrogen-bond acceptors (Lipinski definition) is 4. The molecule has 194 valence electrons. The summed E-state index contributed by atoms with van der Waals surface area (Å²) in [6, 6.07) is 40.0. The first kappa shape index (κ1) is 23.2. The Kier molecular flexibility index (Phi) is 5.22. The van der Waals surface area contributed by atoms with E-state index in [4.69, 9.17) is 14.4 Å². The highest BCUT2D eigenvalue weighted by Gasteiger charge is 2.20. The zero-order valence-corrected chi connectivity index (χ0v) is 21.9. The van der Waals surface area contributed by atoms with Crippen molar-refractivity contribution in [3.63, 3.8) is 0 Å². The Hall–Kier alpha value is -5.68. The quantitative estimate of drug-likeness (QED) is 0.247. The highest BCUT2D eigenvalue weighted by molar-refractivity contribution is 6.11. The molecule has 0 unspecified atom stereocenters. The minimum atomic E-state index is 0.180. The van der Waals surface area contributed by atoms with E-state index in [9.17, 15) is 5.11 Å². The Labute approximate surface area is 235 Å². The van der Waals surface area contributed by atoms with Crippen LogP contribution < -0.4 is 0 Å². The summed E-state index contributed by atoms with van der Waals surface area (Å²) >= 11 is 0. The van der Waals surface area contributed by atoms with Crippen molar-refractivity contribution < 1.29 is 9.52 Å². The number of benzene rings is 5. The van der Waals surface area contributed by atoms with Gasteiger partial charge in [-0.25, -0.2) is 4.98 Å². The lowest BCUT2D eigenvalue weighted by atomic mass is 10.00. The molecule has 0 amide bonds. The van der Waals surface area contributed by atoms with Gasteiger partial charge < -0.3 is 9.52 Å². The summed E-state index contributed by atoms with van der Waals surface area (Å²) in [6.07, 6.45) is 3.93. The van der Waals surface area contributed by atoms with Crippen molar-refractivity contribution in [3.8, 4) is 45.3 Å². The van der Waals surface area contributed by atoms with Crippen LogP contribution in [0.3, 0.4) is 0 Å². The van der Waals surface area contributed by atoms with Crippen LogP contribution >= 0.6 is 0 Å². The fourth-order valence-corrected chi connectivity index (χ4v) is 5.55. The van der Waals surface area contributed by atoms with E-state index in [1.54, 1.807) is 6.07 Å². The van der Waals surface area contributed by atoms with Gasteiger partial charge in [-0.15, -0.1) is 0 Å². The number of imidazole rings is 1. The van der Waals surface area contributed by atoms with E-state index in [-0.39, 0.29) is 5.75 Å². The van der Waals surface area contributed by atoms with Crippen LogP contribution in [0, 0.1) is 0 Å². The third kappa shape index (κ3) is 3.86. The summed E-state index contributed by atoms with van der Waals surface area (Å²) < 4.78 is 8.45. The second kappa shape index (κ2) is 9.21. The van der Waals surface area contributed by atoms with E-state index in [1.807, 2.05) is 95.8 Å². The van der Waals surface area contributed by atoms with E-state index in [2.05, 4.69) is 36.4 Å². The maximum Gasteiger partial charge on any atom is 0.148 e. The molecule has 0 aliphatic rings. The first-order valence-electron chi connectivity index (χ1n) is 13.5. The molecule has 0 radical (unpaired) electrons. The van der Waals surface area contributed by atoms with Crippen LogP contribution in [0.25, 0.3) is 72.3 Å². The predicted octanol–water partition coefficient (Wildman–Crippen LogP) is 9.03. The van der Waals surface area contributed by atoms with Crippen LogP contribution in [0.15, 0.2) is 138 Å². The van der Waals surface area contributed by atoms with Crippen molar-refractivity contribution in [1.29, 1.82) is 0 Å².